The number of nitrogens with zero attached hydrogens (tertiary/aromatic N) is 2. The van der Waals surface area contributed by atoms with Crippen molar-refractivity contribution >= 4 is 33.8 Å². The molecule has 0 saturated carbocycles. The molecule has 0 fully saturated rings. The fourth-order valence-corrected chi connectivity index (χ4v) is 11.2. The van der Waals surface area contributed by atoms with Crippen LogP contribution in [0, 0.1) is 6.07 Å². The molecule has 33 heavy (non-hydrogen) atoms. The van der Waals surface area contributed by atoms with E-state index in [1.807, 2.05) is 6.20 Å². The van der Waals surface area contributed by atoms with E-state index in [0.29, 0.717) is 0 Å². The van der Waals surface area contributed by atoms with E-state index in [1.54, 1.807) is 12.4 Å². The van der Waals surface area contributed by atoms with Crippen LogP contribution in [0.3, 0.4) is 0 Å². The van der Waals surface area contributed by atoms with Gasteiger partial charge in [-0.15, -0.1) is 28.8 Å². The third-order valence-electron chi connectivity index (χ3n) is 7.33. The van der Waals surface area contributed by atoms with Gasteiger partial charge in [-0.25, -0.2) is 0 Å². The predicted molar refractivity (Wildman–Crippen MR) is 137 cm³/mol. The molecule has 0 aliphatic carbocycles. The summed E-state index contributed by atoms with van der Waals surface area (Å²) in [6.07, 6.45) is 5.29. The van der Waals surface area contributed by atoms with Gasteiger partial charge in [0.1, 0.15) is 0 Å². The summed E-state index contributed by atoms with van der Waals surface area (Å²) in [5.41, 5.74) is 6.67. The summed E-state index contributed by atoms with van der Waals surface area (Å²) in [7, 11) is 0. The molecule has 167 valence electrons. The summed E-state index contributed by atoms with van der Waals surface area (Å²) in [6.45, 7) is 9.28. The number of hydrogen-bond donors (Lipinski definition) is 0. The van der Waals surface area contributed by atoms with E-state index in [-0.39, 0.29) is 30.9 Å². The van der Waals surface area contributed by atoms with Crippen LogP contribution in [0.25, 0.3) is 11.3 Å². The maximum Gasteiger partial charge on any atom is 0.0432 e. The minimum Gasteiger partial charge on any atom is -0.302 e. The van der Waals surface area contributed by atoms with E-state index in [1.165, 1.54) is 38.2 Å². The first-order valence-electron chi connectivity index (χ1n) is 11.0. The molecule has 3 heterocycles. The van der Waals surface area contributed by atoms with Gasteiger partial charge in [0.2, 0.25) is 0 Å². The topological polar surface area (TPSA) is 25.8 Å². The predicted octanol–water partition coefficient (Wildman–Crippen LogP) is 4.98. The first kappa shape index (κ1) is 22.8. The molecule has 1 unspecified atom stereocenters. The average Bonchev–Trinajstić information content (AvgIpc) is 2.82. The van der Waals surface area contributed by atoms with Gasteiger partial charge in [0.25, 0.3) is 0 Å². The van der Waals surface area contributed by atoms with Crippen molar-refractivity contribution in [2.24, 2.45) is 0 Å². The van der Waals surface area contributed by atoms with Gasteiger partial charge >= 0.3 is 0 Å². The smallest absolute Gasteiger partial charge is 0.0432 e. The summed E-state index contributed by atoms with van der Waals surface area (Å²) in [6, 6.07) is 21.5. The molecule has 0 spiro atoms. The standard InChI is InChI=1S/C28H24N2PS.Ir/c1-27(2)19-9-5-7-11-24(19)31(32)25-12-8-6-10-20(25)28(3,4)22-16-18(15-21(27)26(22)31)23-17-29-13-14-30-23;/h5-15,17H,1-4H3;/q-1;. The van der Waals surface area contributed by atoms with Crippen LogP contribution in [-0.2, 0) is 42.7 Å². The summed E-state index contributed by atoms with van der Waals surface area (Å²) in [4.78, 5) is 8.92. The molecule has 5 heteroatoms. The summed E-state index contributed by atoms with van der Waals surface area (Å²) < 4.78 is 0. The van der Waals surface area contributed by atoms with Crippen LogP contribution in [0.2, 0.25) is 0 Å². The van der Waals surface area contributed by atoms with Gasteiger partial charge in [-0.3, -0.25) is 4.98 Å². The van der Waals surface area contributed by atoms with E-state index in [2.05, 4.69) is 98.3 Å². The second kappa shape index (κ2) is 7.52. The van der Waals surface area contributed by atoms with Crippen molar-refractivity contribution in [2.75, 3.05) is 0 Å². The Kier molecular flexibility index (Phi) is 5.20. The Balaban J connectivity index is 0.00000228. The van der Waals surface area contributed by atoms with E-state index < -0.39 is 6.04 Å². The first-order valence-corrected chi connectivity index (χ1v) is 13.8. The molecule has 0 N–H and O–H groups in total. The molecule has 6 rings (SSSR count). The van der Waals surface area contributed by atoms with Crippen LogP contribution in [0.4, 0.5) is 0 Å². The van der Waals surface area contributed by atoms with Gasteiger partial charge in [-0.1, -0.05) is 93.3 Å². The van der Waals surface area contributed by atoms with E-state index in [9.17, 15) is 0 Å². The largest absolute Gasteiger partial charge is 0.302 e. The van der Waals surface area contributed by atoms with Crippen LogP contribution in [0.15, 0.2) is 73.2 Å². The molecule has 0 amide bonds. The van der Waals surface area contributed by atoms with Crippen LogP contribution >= 0.6 is 6.04 Å². The van der Waals surface area contributed by atoms with Gasteiger partial charge in [-0.2, -0.15) is 0 Å². The third kappa shape index (κ3) is 2.91. The molecule has 1 radical (unpaired) electrons. The summed E-state index contributed by atoms with van der Waals surface area (Å²) >= 11 is 6.79. The number of rotatable bonds is 1. The second-order valence-corrected chi connectivity index (χ2v) is 14.1. The summed E-state index contributed by atoms with van der Waals surface area (Å²) in [5, 5.41) is 4.00. The van der Waals surface area contributed by atoms with Gasteiger partial charge in [0, 0.05) is 50.4 Å². The molecule has 1 atom stereocenters. The molecule has 2 aliphatic heterocycles. The normalized spacial score (nSPS) is 20.6. The maximum atomic E-state index is 6.79. The van der Waals surface area contributed by atoms with Crippen LogP contribution in [0.1, 0.15) is 49.9 Å². The van der Waals surface area contributed by atoms with Gasteiger partial charge in [-0.05, 0) is 32.6 Å². The third-order valence-corrected chi connectivity index (χ3v) is 12.3. The zero-order valence-electron chi connectivity index (χ0n) is 19.0. The fraction of sp³-hybridized carbons (Fsp3) is 0.214. The minimum atomic E-state index is -2.22. The Bertz CT molecular complexity index is 1380. The molecular weight excluding hydrogens is 620 g/mol. The fourth-order valence-electron chi connectivity index (χ4n) is 5.61. The molecular formula is C28H24IrN2PS-. The van der Waals surface area contributed by atoms with Crippen molar-refractivity contribution < 1.29 is 20.1 Å². The van der Waals surface area contributed by atoms with Crippen molar-refractivity contribution in [2.45, 2.75) is 38.5 Å². The SMILES string of the molecule is CC1(C)c2[c-]c(-c3cnccn3)cc3c2P(=S)(c2ccccc21)c1ccccc1C3(C)C.[Ir]. The Labute approximate surface area is 214 Å². The van der Waals surface area contributed by atoms with Crippen molar-refractivity contribution in [1.82, 2.24) is 9.97 Å². The Morgan fingerprint density at radius 2 is 1.42 bits per heavy atom. The van der Waals surface area contributed by atoms with Crippen LogP contribution < -0.4 is 15.9 Å². The van der Waals surface area contributed by atoms with Crippen molar-refractivity contribution in [3.63, 3.8) is 0 Å². The molecule has 2 aliphatic rings. The zero-order valence-corrected chi connectivity index (χ0v) is 23.1. The first-order chi connectivity index (χ1) is 15.3. The number of benzene rings is 3. The molecule has 3 aromatic carbocycles. The Hall–Kier alpha value is -1.96. The van der Waals surface area contributed by atoms with E-state index in [0.717, 1.165) is 11.3 Å². The van der Waals surface area contributed by atoms with E-state index in [4.69, 9.17) is 11.8 Å². The van der Waals surface area contributed by atoms with Gasteiger partial charge < -0.3 is 4.98 Å². The van der Waals surface area contributed by atoms with Crippen molar-refractivity contribution in [3.8, 4) is 11.3 Å². The second-order valence-electron chi connectivity index (χ2n) is 9.80. The quantitative estimate of drug-likeness (QED) is 0.217. The van der Waals surface area contributed by atoms with E-state index >= 15 is 0 Å². The van der Waals surface area contributed by atoms with Gasteiger partial charge in [0.15, 0.2) is 0 Å². The average molecular weight is 644 g/mol. The Morgan fingerprint density at radius 3 is 2.03 bits per heavy atom. The summed E-state index contributed by atoms with van der Waals surface area (Å²) in [5.74, 6) is 0. The molecule has 1 aromatic heterocycles. The number of fused-ring (bicyclic) bond motifs is 4. The number of aromatic nitrogens is 2. The zero-order chi connectivity index (χ0) is 22.3. The number of hydrogen-bond acceptors (Lipinski definition) is 3. The van der Waals surface area contributed by atoms with Crippen molar-refractivity contribution in [3.05, 3.63) is 102 Å². The van der Waals surface area contributed by atoms with Crippen LogP contribution in [-0.4, -0.2) is 9.97 Å². The van der Waals surface area contributed by atoms with Crippen LogP contribution in [0.5, 0.6) is 0 Å². The molecule has 0 bridgehead atoms. The minimum absolute atomic E-state index is 0. The molecule has 0 saturated heterocycles. The van der Waals surface area contributed by atoms with Crippen molar-refractivity contribution in [1.29, 1.82) is 0 Å². The molecule has 4 aromatic rings. The van der Waals surface area contributed by atoms with Gasteiger partial charge in [0.05, 0.1) is 0 Å². The molecule has 2 nitrogen and oxygen atoms in total. The Morgan fingerprint density at radius 1 is 0.818 bits per heavy atom. The monoisotopic (exact) mass is 644 g/mol. The maximum absolute atomic E-state index is 6.79.